The highest BCUT2D eigenvalue weighted by Gasteiger charge is 2.24. The van der Waals surface area contributed by atoms with E-state index in [0.717, 1.165) is 50.0 Å². The molecule has 0 spiro atoms. The van der Waals surface area contributed by atoms with E-state index in [0.29, 0.717) is 6.04 Å². The van der Waals surface area contributed by atoms with Crippen molar-refractivity contribution in [3.05, 3.63) is 42.5 Å². The zero-order valence-electron chi connectivity index (χ0n) is 14.3. The van der Waals surface area contributed by atoms with Crippen molar-refractivity contribution in [2.24, 2.45) is 0 Å². The van der Waals surface area contributed by atoms with Crippen LogP contribution in [0, 0.1) is 0 Å². The molecule has 2 aromatic rings. The van der Waals surface area contributed by atoms with Crippen molar-refractivity contribution in [3.8, 4) is 5.75 Å². The zero-order valence-corrected chi connectivity index (χ0v) is 14.3. The fourth-order valence-electron chi connectivity index (χ4n) is 3.36. The predicted octanol–water partition coefficient (Wildman–Crippen LogP) is 3.21. The summed E-state index contributed by atoms with van der Waals surface area (Å²) < 4.78 is 5.79. The Morgan fingerprint density at radius 2 is 1.92 bits per heavy atom. The van der Waals surface area contributed by atoms with E-state index in [1.54, 1.807) is 0 Å². The Hall–Kier alpha value is -2.07. The lowest BCUT2D eigenvalue weighted by Crippen LogP contribution is -2.48. The minimum Gasteiger partial charge on any atom is -0.484 e. The van der Waals surface area contributed by atoms with Gasteiger partial charge in [-0.25, -0.2) is 0 Å². The first-order valence-electron chi connectivity index (χ1n) is 8.89. The maximum absolute atomic E-state index is 12.6. The second-order valence-electron chi connectivity index (χ2n) is 6.37. The second-order valence-corrected chi connectivity index (χ2v) is 6.37. The van der Waals surface area contributed by atoms with Crippen LogP contribution < -0.4 is 10.1 Å². The molecular weight excluding hydrogens is 300 g/mol. The lowest BCUT2D eigenvalue weighted by molar-refractivity contribution is -0.136. The topological polar surface area (TPSA) is 41.6 Å². The molecule has 1 aliphatic rings. The molecular formula is C20H26N2O2. The number of fused-ring (bicyclic) bond motifs is 1. The van der Waals surface area contributed by atoms with Gasteiger partial charge in [-0.2, -0.15) is 0 Å². The summed E-state index contributed by atoms with van der Waals surface area (Å²) in [6, 6.07) is 14.5. The maximum atomic E-state index is 12.6. The summed E-state index contributed by atoms with van der Waals surface area (Å²) >= 11 is 0. The van der Waals surface area contributed by atoms with Gasteiger partial charge in [0.2, 0.25) is 0 Å². The van der Waals surface area contributed by atoms with Crippen LogP contribution in [0.5, 0.6) is 5.75 Å². The molecule has 0 radical (unpaired) electrons. The molecule has 0 aliphatic carbocycles. The van der Waals surface area contributed by atoms with Gasteiger partial charge in [-0.15, -0.1) is 0 Å². The summed E-state index contributed by atoms with van der Waals surface area (Å²) in [5.74, 6) is 0.848. The first-order valence-corrected chi connectivity index (χ1v) is 8.89. The van der Waals surface area contributed by atoms with Gasteiger partial charge in [0, 0.05) is 12.6 Å². The summed E-state index contributed by atoms with van der Waals surface area (Å²) in [6.45, 7) is 5.02. The minimum atomic E-state index is 0.0944. The zero-order chi connectivity index (χ0) is 16.8. The van der Waals surface area contributed by atoms with E-state index in [4.69, 9.17) is 4.74 Å². The Morgan fingerprint density at radius 1 is 1.17 bits per heavy atom. The maximum Gasteiger partial charge on any atom is 0.260 e. The molecule has 1 heterocycles. The van der Waals surface area contributed by atoms with Crippen molar-refractivity contribution in [2.45, 2.75) is 32.2 Å². The largest absolute Gasteiger partial charge is 0.484 e. The minimum absolute atomic E-state index is 0.0944. The smallest absolute Gasteiger partial charge is 0.260 e. The lowest BCUT2D eigenvalue weighted by Gasteiger charge is -2.34. The number of carbonyl (C=O) groups is 1. The van der Waals surface area contributed by atoms with Gasteiger partial charge in [-0.1, -0.05) is 37.3 Å². The van der Waals surface area contributed by atoms with Crippen LogP contribution in [0.25, 0.3) is 10.8 Å². The van der Waals surface area contributed by atoms with Crippen molar-refractivity contribution in [1.82, 2.24) is 10.2 Å². The molecule has 0 aromatic heterocycles. The molecule has 4 nitrogen and oxygen atoms in total. The van der Waals surface area contributed by atoms with Crippen molar-refractivity contribution < 1.29 is 9.53 Å². The van der Waals surface area contributed by atoms with Gasteiger partial charge in [-0.3, -0.25) is 4.79 Å². The van der Waals surface area contributed by atoms with Gasteiger partial charge in [0.05, 0.1) is 0 Å². The molecule has 2 aromatic carbocycles. The summed E-state index contributed by atoms with van der Waals surface area (Å²) in [5.41, 5.74) is 0. The third kappa shape index (κ3) is 4.06. The molecule has 1 N–H and O–H groups in total. The number of carbonyl (C=O) groups excluding carboxylic acids is 1. The Kier molecular flexibility index (Phi) is 5.70. The van der Waals surface area contributed by atoms with E-state index in [9.17, 15) is 4.79 Å². The summed E-state index contributed by atoms with van der Waals surface area (Å²) in [6.07, 6.45) is 3.04. The van der Waals surface area contributed by atoms with E-state index < -0.39 is 0 Å². The van der Waals surface area contributed by atoms with Gasteiger partial charge >= 0.3 is 0 Å². The van der Waals surface area contributed by atoms with Gasteiger partial charge < -0.3 is 15.0 Å². The number of benzene rings is 2. The monoisotopic (exact) mass is 326 g/mol. The molecule has 3 rings (SSSR count). The number of nitrogens with one attached hydrogen (secondary N) is 1. The van der Waals surface area contributed by atoms with Crippen LogP contribution in [-0.4, -0.2) is 43.1 Å². The van der Waals surface area contributed by atoms with E-state index in [1.165, 1.54) is 5.39 Å². The molecule has 24 heavy (non-hydrogen) atoms. The molecule has 0 atom stereocenters. The van der Waals surface area contributed by atoms with Crippen molar-refractivity contribution in [1.29, 1.82) is 0 Å². The fourth-order valence-corrected chi connectivity index (χ4v) is 3.36. The highest BCUT2D eigenvalue weighted by atomic mass is 16.5. The van der Waals surface area contributed by atoms with Crippen LogP contribution in [0.3, 0.4) is 0 Å². The van der Waals surface area contributed by atoms with Gasteiger partial charge in [-0.05, 0) is 55.3 Å². The Balaban J connectivity index is 1.63. The second kappa shape index (κ2) is 8.15. The molecule has 1 saturated heterocycles. The number of hydrogen-bond acceptors (Lipinski definition) is 3. The van der Waals surface area contributed by atoms with E-state index in [1.807, 2.05) is 35.2 Å². The Bertz CT molecular complexity index is 680. The molecule has 1 aliphatic heterocycles. The summed E-state index contributed by atoms with van der Waals surface area (Å²) in [4.78, 5) is 14.7. The molecule has 128 valence electrons. The quantitative estimate of drug-likeness (QED) is 0.886. The number of rotatable bonds is 6. The van der Waals surface area contributed by atoms with Gasteiger partial charge in [0.1, 0.15) is 5.75 Å². The third-order valence-electron chi connectivity index (χ3n) is 4.62. The third-order valence-corrected chi connectivity index (χ3v) is 4.62. The van der Waals surface area contributed by atoms with E-state index in [2.05, 4.69) is 24.4 Å². The normalized spacial score (nSPS) is 15.4. The molecule has 0 unspecified atom stereocenters. The highest BCUT2D eigenvalue weighted by molar-refractivity contribution is 5.84. The SMILES string of the molecule is CCCN(C(=O)COc1ccc2ccccc2c1)C1CCNCC1. The molecule has 1 fully saturated rings. The fraction of sp³-hybridized carbons (Fsp3) is 0.450. The highest BCUT2D eigenvalue weighted by Crippen LogP contribution is 2.21. The van der Waals surface area contributed by atoms with Gasteiger partial charge in [0.15, 0.2) is 6.61 Å². The van der Waals surface area contributed by atoms with Crippen LogP contribution in [0.4, 0.5) is 0 Å². The average Bonchev–Trinajstić information content (AvgIpc) is 2.64. The lowest BCUT2D eigenvalue weighted by atomic mass is 10.0. The summed E-state index contributed by atoms with van der Waals surface area (Å²) in [5, 5.41) is 5.67. The summed E-state index contributed by atoms with van der Waals surface area (Å²) in [7, 11) is 0. The number of hydrogen-bond donors (Lipinski definition) is 1. The molecule has 4 heteroatoms. The molecule has 1 amide bonds. The predicted molar refractivity (Wildman–Crippen MR) is 97.3 cm³/mol. The van der Waals surface area contributed by atoms with Crippen LogP contribution in [0.15, 0.2) is 42.5 Å². The van der Waals surface area contributed by atoms with E-state index >= 15 is 0 Å². The van der Waals surface area contributed by atoms with Crippen LogP contribution in [-0.2, 0) is 4.79 Å². The first kappa shape index (κ1) is 16.8. The van der Waals surface area contributed by atoms with Gasteiger partial charge in [0.25, 0.3) is 5.91 Å². The number of piperidine rings is 1. The van der Waals surface area contributed by atoms with Crippen LogP contribution in [0.1, 0.15) is 26.2 Å². The van der Waals surface area contributed by atoms with Crippen LogP contribution >= 0.6 is 0 Å². The number of nitrogens with zero attached hydrogens (tertiary/aromatic N) is 1. The standard InChI is InChI=1S/C20H26N2O2/c1-2-13-22(18-9-11-21-12-10-18)20(23)15-24-19-8-7-16-5-3-4-6-17(16)14-19/h3-8,14,18,21H,2,9-13,15H2,1H3. The number of ether oxygens (including phenoxy) is 1. The van der Waals surface area contributed by atoms with Crippen LogP contribution in [0.2, 0.25) is 0 Å². The average molecular weight is 326 g/mol. The van der Waals surface area contributed by atoms with Crippen molar-refractivity contribution in [2.75, 3.05) is 26.2 Å². The van der Waals surface area contributed by atoms with Crippen molar-refractivity contribution in [3.63, 3.8) is 0 Å². The van der Waals surface area contributed by atoms with Crippen molar-refractivity contribution >= 4 is 16.7 Å². The number of amides is 1. The Morgan fingerprint density at radius 3 is 2.67 bits per heavy atom. The molecule has 0 bridgehead atoms. The molecule has 0 saturated carbocycles. The van der Waals surface area contributed by atoms with E-state index in [-0.39, 0.29) is 12.5 Å². The Labute approximate surface area is 143 Å². The first-order chi connectivity index (χ1) is 11.8.